The van der Waals surface area contributed by atoms with Crippen LogP contribution in [0.15, 0.2) is 36.9 Å². The minimum Gasteiger partial charge on any atom is -0.325 e. The molecule has 0 heterocycles. The molecule has 0 saturated carbocycles. The van der Waals surface area contributed by atoms with Crippen molar-refractivity contribution in [2.24, 2.45) is 10.6 Å². The highest BCUT2D eigenvalue weighted by Gasteiger charge is 2.27. The number of anilines is 1. The Bertz CT molecular complexity index is 611. The molecule has 1 rings (SSSR count). The minimum atomic E-state index is -3.59. The van der Waals surface area contributed by atoms with E-state index in [1.54, 1.807) is 37.3 Å². The molecule has 0 aliphatic heterocycles. The second-order valence-corrected chi connectivity index (χ2v) is 6.55. The van der Waals surface area contributed by atoms with Gasteiger partial charge in [-0.05, 0) is 31.0 Å². The highest BCUT2D eigenvalue weighted by Crippen LogP contribution is 2.25. The average Bonchev–Trinajstić information content (AvgIpc) is 2.36. The quantitative estimate of drug-likeness (QED) is 0.787. The van der Waals surface area contributed by atoms with E-state index in [-0.39, 0.29) is 11.7 Å². The summed E-state index contributed by atoms with van der Waals surface area (Å²) in [5, 5.41) is 7.77. The molecule has 0 saturated heterocycles. The molecule has 1 aromatic rings. The van der Waals surface area contributed by atoms with Gasteiger partial charge >= 0.3 is 0 Å². The summed E-state index contributed by atoms with van der Waals surface area (Å²) >= 11 is 0. The number of hydrogen-bond acceptors (Lipinski definition) is 3. The number of benzene rings is 1. The van der Waals surface area contributed by atoms with Gasteiger partial charge in [0.1, 0.15) is 0 Å². The summed E-state index contributed by atoms with van der Waals surface area (Å²) in [6, 6.07) is 6.62. The molecular weight excluding hydrogens is 276 g/mol. The lowest BCUT2D eigenvalue weighted by Gasteiger charge is -2.22. The number of nitrogens with two attached hydrogens (primary N) is 1. The highest BCUT2D eigenvalue weighted by atomic mass is 32.2. The van der Waals surface area contributed by atoms with Gasteiger partial charge in [0.2, 0.25) is 15.9 Å². The van der Waals surface area contributed by atoms with Crippen molar-refractivity contribution in [3.8, 4) is 0 Å². The lowest BCUT2D eigenvalue weighted by atomic mass is 9.86. The van der Waals surface area contributed by atoms with Crippen molar-refractivity contribution >= 4 is 21.6 Å². The van der Waals surface area contributed by atoms with Crippen LogP contribution in [0.2, 0.25) is 0 Å². The van der Waals surface area contributed by atoms with Crippen LogP contribution in [-0.2, 0) is 20.6 Å². The van der Waals surface area contributed by atoms with Crippen LogP contribution in [-0.4, -0.2) is 14.3 Å². The Hall–Kier alpha value is -1.66. The van der Waals surface area contributed by atoms with Gasteiger partial charge in [0.15, 0.2) is 0 Å². The summed E-state index contributed by atoms with van der Waals surface area (Å²) in [5.74, 6) is -0.439. The topological polar surface area (TPSA) is 89.3 Å². The van der Waals surface area contributed by atoms with Gasteiger partial charge in [-0.25, -0.2) is 13.6 Å². The van der Waals surface area contributed by atoms with Crippen molar-refractivity contribution in [2.75, 3.05) is 5.32 Å². The molecular formula is C14H20N2O3S. The third-order valence-electron chi connectivity index (χ3n) is 3.26. The number of carbonyl (C=O) groups excluding carboxylic acids is 1. The molecule has 0 fully saturated rings. The van der Waals surface area contributed by atoms with Gasteiger partial charge in [0.25, 0.3) is 0 Å². The Balaban J connectivity index is 2.92. The Morgan fingerprint density at radius 2 is 2.15 bits per heavy atom. The van der Waals surface area contributed by atoms with Gasteiger partial charge in [0.05, 0.1) is 11.2 Å². The average molecular weight is 296 g/mol. The number of sulfonamides is 1. The number of rotatable bonds is 6. The first-order valence-corrected chi connectivity index (χ1v) is 7.96. The summed E-state index contributed by atoms with van der Waals surface area (Å²) in [6.45, 7) is 7.37. The Morgan fingerprint density at radius 3 is 2.65 bits per heavy atom. The summed E-state index contributed by atoms with van der Waals surface area (Å²) in [4.78, 5) is 12.2. The van der Waals surface area contributed by atoms with E-state index in [0.717, 1.165) is 0 Å². The number of hydrogen-bond donors (Lipinski definition) is 2. The van der Waals surface area contributed by atoms with Crippen molar-refractivity contribution in [1.82, 2.24) is 0 Å². The predicted molar refractivity (Wildman–Crippen MR) is 80.5 cm³/mol. The van der Waals surface area contributed by atoms with Crippen LogP contribution in [0, 0.1) is 5.41 Å². The van der Waals surface area contributed by atoms with Crippen LogP contribution in [0.3, 0.4) is 0 Å². The number of amides is 1. The predicted octanol–water partition coefficient (Wildman–Crippen LogP) is 2.02. The van der Waals surface area contributed by atoms with Crippen molar-refractivity contribution in [3.05, 3.63) is 42.5 Å². The number of carbonyl (C=O) groups is 1. The molecule has 0 radical (unpaired) electrons. The second kappa shape index (κ2) is 6.19. The molecule has 6 heteroatoms. The van der Waals surface area contributed by atoms with Crippen LogP contribution in [0.25, 0.3) is 0 Å². The van der Waals surface area contributed by atoms with E-state index in [9.17, 15) is 13.2 Å². The van der Waals surface area contributed by atoms with Gasteiger partial charge < -0.3 is 5.32 Å². The van der Waals surface area contributed by atoms with Gasteiger partial charge in [-0.15, -0.1) is 6.58 Å². The third-order valence-corrected chi connectivity index (χ3v) is 3.99. The van der Waals surface area contributed by atoms with Gasteiger partial charge in [0, 0.05) is 5.69 Å². The van der Waals surface area contributed by atoms with Gasteiger partial charge in [-0.3, -0.25) is 4.79 Å². The monoisotopic (exact) mass is 296 g/mol. The van der Waals surface area contributed by atoms with Crippen LogP contribution in [0.5, 0.6) is 0 Å². The summed E-state index contributed by atoms with van der Waals surface area (Å²) in [6.07, 6.45) is 2.23. The molecule has 0 bridgehead atoms. The second-order valence-electron chi connectivity index (χ2n) is 4.94. The van der Waals surface area contributed by atoms with E-state index in [4.69, 9.17) is 5.14 Å². The standard InChI is InChI=1S/C14H20N2O3S/c1-4-14(3,5-2)13(17)16-12-8-6-7-11(9-12)10-20(15,18)19/h4,6-9H,1,5,10H2,2-3H3,(H,16,17)(H2,15,18,19). The molecule has 0 spiro atoms. The molecule has 1 amide bonds. The molecule has 20 heavy (non-hydrogen) atoms. The molecule has 0 aliphatic carbocycles. The maximum atomic E-state index is 12.2. The Kier molecular flexibility index (Phi) is 5.08. The molecule has 110 valence electrons. The van der Waals surface area contributed by atoms with E-state index in [1.807, 2.05) is 6.92 Å². The lowest BCUT2D eigenvalue weighted by molar-refractivity contribution is -0.122. The molecule has 5 nitrogen and oxygen atoms in total. The smallest absolute Gasteiger partial charge is 0.234 e. The first-order chi connectivity index (χ1) is 9.20. The zero-order valence-electron chi connectivity index (χ0n) is 11.7. The molecule has 1 aromatic carbocycles. The van der Waals surface area contributed by atoms with Crippen molar-refractivity contribution in [2.45, 2.75) is 26.0 Å². The SMILES string of the molecule is C=CC(C)(CC)C(=O)Nc1cccc(CS(N)(=O)=O)c1. The molecule has 3 N–H and O–H groups in total. The van der Waals surface area contributed by atoms with E-state index in [1.165, 1.54) is 0 Å². The molecule has 0 aromatic heterocycles. The molecule has 1 atom stereocenters. The van der Waals surface area contributed by atoms with Crippen LogP contribution in [0.1, 0.15) is 25.8 Å². The summed E-state index contributed by atoms with van der Waals surface area (Å²) in [7, 11) is -3.59. The van der Waals surface area contributed by atoms with E-state index in [0.29, 0.717) is 17.7 Å². The Morgan fingerprint density at radius 1 is 1.50 bits per heavy atom. The van der Waals surface area contributed by atoms with Crippen molar-refractivity contribution in [3.63, 3.8) is 0 Å². The molecule has 0 aliphatic rings. The van der Waals surface area contributed by atoms with E-state index < -0.39 is 15.4 Å². The third kappa shape index (κ3) is 4.47. The maximum Gasteiger partial charge on any atom is 0.234 e. The van der Waals surface area contributed by atoms with Crippen LogP contribution >= 0.6 is 0 Å². The highest BCUT2D eigenvalue weighted by molar-refractivity contribution is 7.88. The first kappa shape index (κ1) is 16.4. The molecule has 1 unspecified atom stereocenters. The fraction of sp³-hybridized carbons (Fsp3) is 0.357. The minimum absolute atomic E-state index is 0.178. The van der Waals surface area contributed by atoms with Gasteiger partial charge in [-0.2, -0.15) is 0 Å². The summed E-state index contributed by atoms with van der Waals surface area (Å²) < 4.78 is 22.1. The van der Waals surface area contributed by atoms with E-state index >= 15 is 0 Å². The normalized spacial score (nSPS) is 14.3. The number of nitrogens with one attached hydrogen (secondary N) is 1. The van der Waals surface area contributed by atoms with Crippen LogP contribution < -0.4 is 10.5 Å². The number of primary sulfonamides is 1. The van der Waals surface area contributed by atoms with Crippen LogP contribution in [0.4, 0.5) is 5.69 Å². The van der Waals surface area contributed by atoms with Crippen molar-refractivity contribution < 1.29 is 13.2 Å². The lowest BCUT2D eigenvalue weighted by Crippen LogP contribution is -2.31. The maximum absolute atomic E-state index is 12.2. The van der Waals surface area contributed by atoms with E-state index in [2.05, 4.69) is 11.9 Å². The first-order valence-electron chi connectivity index (χ1n) is 6.24. The fourth-order valence-corrected chi connectivity index (χ4v) is 2.29. The zero-order valence-corrected chi connectivity index (χ0v) is 12.5. The summed E-state index contributed by atoms with van der Waals surface area (Å²) in [5.41, 5.74) is 0.412. The fourth-order valence-electron chi connectivity index (χ4n) is 1.64. The Labute approximate surface area is 119 Å². The largest absolute Gasteiger partial charge is 0.325 e. The van der Waals surface area contributed by atoms with Gasteiger partial charge in [-0.1, -0.05) is 25.1 Å². The zero-order chi connectivity index (χ0) is 15.4. The van der Waals surface area contributed by atoms with Crippen molar-refractivity contribution in [1.29, 1.82) is 0 Å².